The predicted octanol–water partition coefficient (Wildman–Crippen LogP) is 3.57. The Bertz CT molecular complexity index is 517. The third-order valence-electron chi connectivity index (χ3n) is 5.53. The number of aryl methyl sites for hydroxylation is 1. The average molecular weight is 302 g/mol. The van der Waals surface area contributed by atoms with Crippen molar-refractivity contribution in [3.05, 3.63) is 24.3 Å². The van der Waals surface area contributed by atoms with E-state index in [2.05, 4.69) is 46.2 Å². The second-order valence-electron chi connectivity index (χ2n) is 7.60. The van der Waals surface area contributed by atoms with Crippen LogP contribution in [-0.2, 0) is 19.5 Å². The molecule has 4 nitrogen and oxygen atoms in total. The summed E-state index contributed by atoms with van der Waals surface area (Å²) in [6, 6.07) is 0.567. The van der Waals surface area contributed by atoms with E-state index in [9.17, 15) is 0 Å². The highest BCUT2D eigenvalue weighted by atomic mass is 15.3. The van der Waals surface area contributed by atoms with Gasteiger partial charge < -0.3 is 4.57 Å². The smallest absolute Gasteiger partial charge is 0.147 e. The standard InChI is InChI=1S/C18H30N4/c1-4-9-15-18(2,3)11-8-12-21(15)14-17-20-19-16-10-6-5-7-13-22(16)17/h4,15H,1,5-14H2,2-3H3. The number of hydrogen-bond donors (Lipinski definition) is 0. The summed E-state index contributed by atoms with van der Waals surface area (Å²) in [6.07, 6.45) is 10.7. The lowest BCUT2D eigenvalue weighted by molar-refractivity contribution is 0.0307. The summed E-state index contributed by atoms with van der Waals surface area (Å²) in [6.45, 7) is 12.0. The van der Waals surface area contributed by atoms with Crippen molar-refractivity contribution in [1.82, 2.24) is 19.7 Å². The minimum Gasteiger partial charge on any atom is -0.314 e. The molecular formula is C18H30N4. The van der Waals surface area contributed by atoms with Gasteiger partial charge in [0, 0.05) is 19.0 Å². The van der Waals surface area contributed by atoms with Gasteiger partial charge in [-0.1, -0.05) is 26.3 Å². The molecular weight excluding hydrogens is 272 g/mol. The second-order valence-corrected chi connectivity index (χ2v) is 7.60. The fraction of sp³-hybridized carbons (Fsp3) is 0.778. The zero-order valence-electron chi connectivity index (χ0n) is 14.2. The Kier molecular flexibility index (Phi) is 4.67. The number of likely N-dealkylation sites (tertiary alicyclic amines) is 1. The van der Waals surface area contributed by atoms with E-state index in [1.54, 1.807) is 0 Å². The Morgan fingerprint density at radius 3 is 2.86 bits per heavy atom. The number of rotatable bonds is 4. The normalized spacial score (nSPS) is 25.5. The molecule has 0 amide bonds. The van der Waals surface area contributed by atoms with Crippen molar-refractivity contribution in [1.29, 1.82) is 0 Å². The molecule has 1 aromatic rings. The Morgan fingerprint density at radius 2 is 2.05 bits per heavy atom. The molecule has 4 heteroatoms. The van der Waals surface area contributed by atoms with Crippen LogP contribution in [0.3, 0.4) is 0 Å². The van der Waals surface area contributed by atoms with Crippen LogP contribution in [0.4, 0.5) is 0 Å². The molecule has 0 radical (unpaired) electrons. The predicted molar refractivity (Wildman–Crippen MR) is 89.6 cm³/mol. The van der Waals surface area contributed by atoms with Gasteiger partial charge in [-0.05, 0) is 44.1 Å². The third-order valence-corrected chi connectivity index (χ3v) is 5.53. The van der Waals surface area contributed by atoms with Crippen LogP contribution in [-0.4, -0.2) is 32.3 Å². The van der Waals surface area contributed by atoms with E-state index in [0.717, 1.165) is 25.9 Å². The molecule has 3 rings (SSSR count). The lowest BCUT2D eigenvalue weighted by Crippen LogP contribution is -2.49. The molecule has 22 heavy (non-hydrogen) atoms. The summed E-state index contributed by atoms with van der Waals surface area (Å²) < 4.78 is 2.39. The lowest BCUT2D eigenvalue weighted by atomic mass is 9.75. The fourth-order valence-electron chi connectivity index (χ4n) is 4.21. The van der Waals surface area contributed by atoms with Gasteiger partial charge in [-0.25, -0.2) is 0 Å². The molecule has 0 bridgehead atoms. The number of fused-ring (bicyclic) bond motifs is 1. The molecule has 2 aliphatic heterocycles. The zero-order chi connectivity index (χ0) is 15.6. The van der Waals surface area contributed by atoms with Gasteiger partial charge in [0.25, 0.3) is 0 Å². The van der Waals surface area contributed by atoms with E-state index in [-0.39, 0.29) is 0 Å². The van der Waals surface area contributed by atoms with Crippen LogP contribution < -0.4 is 0 Å². The third kappa shape index (κ3) is 3.12. The van der Waals surface area contributed by atoms with E-state index < -0.39 is 0 Å². The van der Waals surface area contributed by atoms with E-state index in [1.807, 2.05) is 0 Å². The molecule has 122 valence electrons. The van der Waals surface area contributed by atoms with E-state index in [0.29, 0.717) is 11.5 Å². The van der Waals surface area contributed by atoms with Crippen LogP contribution in [0, 0.1) is 5.41 Å². The molecule has 0 aliphatic carbocycles. The maximum Gasteiger partial charge on any atom is 0.147 e. The lowest BCUT2D eigenvalue weighted by Gasteiger charge is -2.46. The van der Waals surface area contributed by atoms with Gasteiger partial charge in [0.1, 0.15) is 11.6 Å². The molecule has 0 N–H and O–H groups in total. The minimum absolute atomic E-state index is 0.355. The number of hydrogen-bond acceptors (Lipinski definition) is 3. The first-order chi connectivity index (χ1) is 10.6. The van der Waals surface area contributed by atoms with Gasteiger partial charge in [0.15, 0.2) is 0 Å². The number of aromatic nitrogens is 3. The van der Waals surface area contributed by atoms with E-state index in [1.165, 1.54) is 50.3 Å². The van der Waals surface area contributed by atoms with Crippen LogP contribution in [0.2, 0.25) is 0 Å². The number of nitrogens with zero attached hydrogens (tertiary/aromatic N) is 4. The highest BCUT2D eigenvalue weighted by Gasteiger charge is 2.37. The quantitative estimate of drug-likeness (QED) is 0.797. The van der Waals surface area contributed by atoms with Crippen molar-refractivity contribution in [3.63, 3.8) is 0 Å². The highest BCUT2D eigenvalue weighted by Crippen LogP contribution is 2.37. The topological polar surface area (TPSA) is 34.0 Å². The van der Waals surface area contributed by atoms with Crippen LogP contribution in [0.1, 0.15) is 64.0 Å². The van der Waals surface area contributed by atoms with Crippen LogP contribution in [0.15, 0.2) is 12.7 Å². The summed E-state index contributed by atoms with van der Waals surface area (Å²) in [4.78, 5) is 2.62. The SMILES string of the molecule is C=CCC1N(Cc2nnc3n2CCCCC3)CCCC1(C)C. The van der Waals surface area contributed by atoms with Crippen LogP contribution >= 0.6 is 0 Å². The van der Waals surface area contributed by atoms with Crippen LogP contribution in [0.5, 0.6) is 0 Å². The molecule has 1 atom stereocenters. The Hall–Kier alpha value is -1.16. The molecule has 0 spiro atoms. The van der Waals surface area contributed by atoms with Crippen molar-refractivity contribution in [3.8, 4) is 0 Å². The van der Waals surface area contributed by atoms with Crippen LogP contribution in [0.25, 0.3) is 0 Å². The van der Waals surface area contributed by atoms with Gasteiger partial charge in [-0.15, -0.1) is 16.8 Å². The first-order valence-corrected chi connectivity index (χ1v) is 8.88. The summed E-state index contributed by atoms with van der Waals surface area (Å²) in [5.41, 5.74) is 0.355. The summed E-state index contributed by atoms with van der Waals surface area (Å²) >= 11 is 0. The molecule has 0 saturated carbocycles. The monoisotopic (exact) mass is 302 g/mol. The molecule has 0 aromatic carbocycles. The summed E-state index contributed by atoms with van der Waals surface area (Å²) in [5.74, 6) is 2.37. The van der Waals surface area contributed by atoms with Gasteiger partial charge in [-0.3, -0.25) is 4.90 Å². The fourth-order valence-corrected chi connectivity index (χ4v) is 4.21. The molecule has 1 aromatic heterocycles. The first-order valence-electron chi connectivity index (χ1n) is 8.88. The Balaban J connectivity index is 1.79. The summed E-state index contributed by atoms with van der Waals surface area (Å²) in [5, 5.41) is 8.98. The maximum absolute atomic E-state index is 4.52. The summed E-state index contributed by atoms with van der Waals surface area (Å²) in [7, 11) is 0. The first kappa shape index (κ1) is 15.7. The van der Waals surface area contributed by atoms with Crippen molar-refractivity contribution >= 4 is 0 Å². The second kappa shape index (κ2) is 6.53. The van der Waals surface area contributed by atoms with Gasteiger partial charge in [0.2, 0.25) is 0 Å². The minimum atomic E-state index is 0.355. The average Bonchev–Trinajstić information content (AvgIpc) is 2.71. The molecule has 1 unspecified atom stereocenters. The van der Waals surface area contributed by atoms with Crippen molar-refractivity contribution in [2.24, 2.45) is 5.41 Å². The van der Waals surface area contributed by atoms with E-state index >= 15 is 0 Å². The number of piperidine rings is 1. The van der Waals surface area contributed by atoms with Crippen molar-refractivity contribution in [2.75, 3.05) is 6.54 Å². The molecule has 1 fully saturated rings. The molecule has 3 heterocycles. The van der Waals surface area contributed by atoms with Crippen molar-refractivity contribution in [2.45, 2.75) is 77.9 Å². The highest BCUT2D eigenvalue weighted by molar-refractivity contribution is 5.01. The van der Waals surface area contributed by atoms with Gasteiger partial charge >= 0.3 is 0 Å². The molecule has 2 aliphatic rings. The maximum atomic E-state index is 4.52. The van der Waals surface area contributed by atoms with Gasteiger partial charge in [-0.2, -0.15) is 0 Å². The Labute approximate surface area is 134 Å². The van der Waals surface area contributed by atoms with Gasteiger partial charge in [0.05, 0.1) is 6.54 Å². The largest absolute Gasteiger partial charge is 0.314 e. The zero-order valence-corrected chi connectivity index (χ0v) is 14.2. The molecule has 1 saturated heterocycles. The van der Waals surface area contributed by atoms with E-state index in [4.69, 9.17) is 0 Å². The van der Waals surface area contributed by atoms with Crippen molar-refractivity contribution < 1.29 is 0 Å². The Morgan fingerprint density at radius 1 is 1.18 bits per heavy atom.